The summed E-state index contributed by atoms with van der Waals surface area (Å²) in [6.45, 7) is 4.83. The summed E-state index contributed by atoms with van der Waals surface area (Å²) in [6, 6.07) is 14.8. The molecule has 4 rings (SSSR count). The standard InChI is InChI=1S/C20H22N4O3S/c1-14-8-9-17(20-21-19(22-23-20)16-6-4-3-5-7-16)12-18(14)28(25,26)24-10-11-27-13-15(24)2/h3-9,12,15H,10-11,13H2,1-2H3,(H,21,22,23). The lowest BCUT2D eigenvalue weighted by atomic mass is 10.1. The summed E-state index contributed by atoms with van der Waals surface area (Å²) in [6.07, 6.45) is 0. The third-order valence-electron chi connectivity index (χ3n) is 4.89. The van der Waals surface area contributed by atoms with Crippen molar-refractivity contribution >= 4 is 10.0 Å². The predicted molar refractivity (Wildman–Crippen MR) is 106 cm³/mol. The van der Waals surface area contributed by atoms with Crippen LogP contribution in [0.3, 0.4) is 0 Å². The summed E-state index contributed by atoms with van der Waals surface area (Å²) in [7, 11) is -3.63. The molecule has 2 aromatic carbocycles. The van der Waals surface area contributed by atoms with E-state index in [9.17, 15) is 8.42 Å². The number of morpholine rings is 1. The Morgan fingerprint density at radius 2 is 1.79 bits per heavy atom. The highest BCUT2D eigenvalue weighted by Crippen LogP contribution is 2.28. The van der Waals surface area contributed by atoms with Gasteiger partial charge in [-0.05, 0) is 25.5 Å². The predicted octanol–water partition coefficient (Wildman–Crippen LogP) is 2.86. The highest BCUT2D eigenvalue weighted by Gasteiger charge is 2.32. The van der Waals surface area contributed by atoms with Gasteiger partial charge in [-0.3, -0.25) is 0 Å². The third-order valence-corrected chi connectivity index (χ3v) is 7.04. The van der Waals surface area contributed by atoms with Gasteiger partial charge in [0.05, 0.1) is 18.1 Å². The maximum absolute atomic E-state index is 13.3. The number of aromatic amines is 1. The zero-order valence-electron chi connectivity index (χ0n) is 15.8. The molecule has 7 nitrogen and oxygen atoms in total. The van der Waals surface area contributed by atoms with Gasteiger partial charge < -0.3 is 9.72 Å². The summed E-state index contributed by atoms with van der Waals surface area (Å²) in [5, 5.41) is 8.41. The van der Waals surface area contributed by atoms with E-state index in [4.69, 9.17) is 4.74 Å². The van der Waals surface area contributed by atoms with Gasteiger partial charge in [0.25, 0.3) is 0 Å². The smallest absolute Gasteiger partial charge is 0.243 e. The van der Waals surface area contributed by atoms with Crippen LogP contribution in [-0.2, 0) is 14.8 Å². The van der Waals surface area contributed by atoms with E-state index in [1.54, 1.807) is 19.1 Å². The monoisotopic (exact) mass is 398 g/mol. The van der Waals surface area contributed by atoms with E-state index in [1.165, 1.54) is 4.31 Å². The molecule has 1 unspecified atom stereocenters. The lowest BCUT2D eigenvalue weighted by molar-refractivity contribution is 0.0392. The minimum Gasteiger partial charge on any atom is -0.378 e. The van der Waals surface area contributed by atoms with Crippen molar-refractivity contribution in [3.63, 3.8) is 0 Å². The Morgan fingerprint density at radius 3 is 2.50 bits per heavy atom. The molecule has 1 atom stereocenters. The average molecular weight is 398 g/mol. The Morgan fingerprint density at radius 1 is 1.07 bits per heavy atom. The number of nitrogens with one attached hydrogen (secondary N) is 1. The number of aromatic nitrogens is 3. The number of hydrogen-bond donors (Lipinski definition) is 1. The van der Waals surface area contributed by atoms with Gasteiger partial charge in [0, 0.05) is 23.7 Å². The molecule has 0 saturated carbocycles. The lowest BCUT2D eigenvalue weighted by Crippen LogP contribution is -2.47. The molecule has 1 N–H and O–H groups in total. The zero-order chi connectivity index (χ0) is 19.7. The van der Waals surface area contributed by atoms with E-state index in [-0.39, 0.29) is 10.9 Å². The minimum atomic E-state index is -3.63. The Hall–Kier alpha value is -2.55. The van der Waals surface area contributed by atoms with Crippen LogP contribution in [0.1, 0.15) is 12.5 Å². The molecule has 3 aromatic rings. The van der Waals surface area contributed by atoms with Crippen LogP contribution in [0.25, 0.3) is 22.8 Å². The Bertz CT molecular complexity index is 1080. The molecule has 1 aliphatic heterocycles. The van der Waals surface area contributed by atoms with E-state index in [0.29, 0.717) is 42.5 Å². The van der Waals surface area contributed by atoms with Gasteiger partial charge in [0.15, 0.2) is 11.6 Å². The molecule has 0 spiro atoms. The number of rotatable bonds is 4. The number of ether oxygens (including phenoxy) is 1. The Kier molecular flexibility index (Phi) is 5.01. The van der Waals surface area contributed by atoms with Crippen LogP contribution in [0.5, 0.6) is 0 Å². The molecule has 0 aliphatic carbocycles. The van der Waals surface area contributed by atoms with E-state index in [0.717, 1.165) is 5.56 Å². The van der Waals surface area contributed by atoms with E-state index >= 15 is 0 Å². The van der Waals surface area contributed by atoms with Crippen molar-refractivity contribution < 1.29 is 13.2 Å². The average Bonchev–Trinajstić information content (AvgIpc) is 3.19. The number of aryl methyl sites for hydroxylation is 1. The SMILES string of the molecule is Cc1ccc(-c2nnc(-c3ccccc3)[nH]2)cc1S(=O)(=O)N1CCOCC1C. The zero-order valence-corrected chi connectivity index (χ0v) is 16.6. The molecule has 1 aromatic heterocycles. The first kappa shape index (κ1) is 18.8. The minimum absolute atomic E-state index is 0.197. The molecule has 0 radical (unpaired) electrons. The maximum Gasteiger partial charge on any atom is 0.243 e. The number of benzene rings is 2. The summed E-state index contributed by atoms with van der Waals surface area (Å²) in [5.74, 6) is 1.17. The molecule has 1 aliphatic rings. The topological polar surface area (TPSA) is 88.2 Å². The molecule has 1 fully saturated rings. The summed E-state index contributed by atoms with van der Waals surface area (Å²) in [5.41, 5.74) is 2.30. The second-order valence-electron chi connectivity index (χ2n) is 6.91. The molecule has 1 saturated heterocycles. The van der Waals surface area contributed by atoms with Gasteiger partial charge >= 0.3 is 0 Å². The number of hydrogen-bond acceptors (Lipinski definition) is 5. The summed E-state index contributed by atoms with van der Waals surface area (Å²) >= 11 is 0. The highest BCUT2D eigenvalue weighted by molar-refractivity contribution is 7.89. The molecule has 8 heteroatoms. The number of H-pyrrole nitrogens is 1. The molecular formula is C20H22N4O3S. The van der Waals surface area contributed by atoms with Crippen LogP contribution in [0.15, 0.2) is 53.4 Å². The molecule has 2 heterocycles. The van der Waals surface area contributed by atoms with Gasteiger partial charge in [0.2, 0.25) is 10.0 Å². The van der Waals surface area contributed by atoms with Gasteiger partial charge in [0.1, 0.15) is 0 Å². The van der Waals surface area contributed by atoms with Gasteiger partial charge in [-0.15, -0.1) is 10.2 Å². The van der Waals surface area contributed by atoms with Gasteiger partial charge in [-0.25, -0.2) is 8.42 Å². The lowest BCUT2D eigenvalue weighted by Gasteiger charge is -2.32. The second kappa shape index (κ2) is 7.46. The molecule has 28 heavy (non-hydrogen) atoms. The second-order valence-corrected chi connectivity index (χ2v) is 8.77. The van der Waals surface area contributed by atoms with Crippen molar-refractivity contribution in [1.82, 2.24) is 19.5 Å². The third kappa shape index (κ3) is 3.46. The van der Waals surface area contributed by atoms with Gasteiger partial charge in [-0.2, -0.15) is 4.31 Å². The van der Waals surface area contributed by atoms with Crippen molar-refractivity contribution in [2.24, 2.45) is 0 Å². The highest BCUT2D eigenvalue weighted by atomic mass is 32.2. The Balaban J connectivity index is 1.71. The van der Waals surface area contributed by atoms with Crippen LogP contribution in [0.4, 0.5) is 0 Å². The number of sulfonamides is 1. The normalized spacial score (nSPS) is 18.3. The van der Waals surface area contributed by atoms with E-state index in [1.807, 2.05) is 43.3 Å². The molecule has 0 amide bonds. The first-order valence-corrected chi connectivity index (χ1v) is 10.6. The van der Waals surface area contributed by atoms with Crippen LogP contribution in [0, 0.1) is 6.92 Å². The fraction of sp³-hybridized carbons (Fsp3) is 0.300. The van der Waals surface area contributed by atoms with E-state index < -0.39 is 10.0 Å². The van der Waals surface area contributed by atoms with Gasteiger partial charge in [-0.1, -0.05) is 42.5 Å². The van der Waals surface area contributed by atoms with Crippen LogP contribution in [-0.4, -0.2) is 53.7 Å². The number of nitrogens with zero attached hydrogens (tertiary/aromatic N) is 3. The van der Waals surface area contributed by atoms with E-state index in [2.05, 4.69) is 15.2 Å². The fourth-order valence-corrected chi connectivity index (χ4v) is 5.19. The van der Waals surface area contributed by atoms with Crippen LogP contribution in [0.2, 0.25) is 0 Å². The maximum atomic E-state index is 13.3. The van der Waals surface area contributed by atoms with Crippen molar-refractivity contribution in [3.05, 3.63) is 54.1 Å². The molecule has 146 valence electrons. The first-order chi connectivity index (χ1) is 13.5. The van der Waals surface area contributed by atoms with Crippen LogP contribution >= 0.6 is 0 Å². The van der Waals surface area contributed by atoms with Crippen molar-refractivity contribution in [3.8, 4) is 22.8 Å². The molecule has 0 bridgehead atoms. The quantitative estimate of drug-likeness (QED) is 0.730. The first-order valence-electron chi connectivity index (χ1n) is 9.15. The van der Waals surface area contributed by atoms with Crippen molar-refractivity contribution in [1.29, 1.82) is 0 Å². The summed E-state index contributed by atoms with van der Waals surface area (Å²) in [4.78, 5) is 3.47. The molecular weight excluding hydrogens is 376 g/mol. The summed E-state index contributed by atoms with van der Waals surface area (Å²) < 4.78 is 33.4. The van der Waals surface area contributed by atoms with Crippen LogP contribution < -0.4 is 0 Å². The van der Waals surface area contributed by atoms with Crippen molar-refractivity contribution in [2.75, 3.05) is 19.8 Å². The largest absolute Gasteiger partial charge is 0.378 e. The van der Waals surface area contributed by atoms with Crippen molar-refractivity contribution in [2.45, 2.75) is 24.8 Å². The fourth-order valence-electron chi connectivity index (χ4n) is 3.34. The Labute approximate surface area is 164 Å².